The molecular weight excluding hydrogens is 422 g/mol. The largest absolute Gasteiger partial charge is 0.491 e. The van der Waals surface area contributed by atoms with Crippen molar-refractivity contribution in [3.8, 4) is 5.75 Å². The van der Waals surface area contributed by atoms with Gasteiger partial charge in [-0.2, -0.15) is 0 Å². The number of carbonyl (C=O) groups excluding carboxylic acids is 2. The highest BCUT2D eigenvalue weighted by atomic mass is 16.5. The van der Waals surface area contributed by atoms with Gasteiger partial charge in [-0.3, -0.25) is 14.5 Å². The summed E-state index contributed by atoms with van der Waals surface area (Å²) < 4.78 is 5.74. The topological polar surface area (TPSA) is 111 Å². The maximum Gasteiger partial charge on any atom is 0.323 e. The van der Waals surface area contributed by atoms with Gasteiger partial charge in [0.2, 0.25) is 11.8 Å². The minimum Gasteiger partial charge on any atom is -0.491 e. The molecule has 0 saturated carbocycles. The molecule has 0 aliphatic carbocycles. The summed E-state index contributed by atoms with van der Waals surface area (Å²) >= 11 is 0. The van der Waals surface area contributed by atoms with Crippen LogP contribution in [0.15, 0.2) is 47.3 Å². The van der Waals surface area contributed by atoms with Crippen LogP contribution in [0.3, 0.4) is 0 Å². The zero-order valence-corrected chi connectivity index (χ0v) is 19.1. The number of H-pyrrole nitrogens is 2. The van der Waals surface area contributed by atoms with E-state index < -0.39 is 0 Å². The molecule has 1 fully saturated rings. The van der Waals surface area contributed by atoms with Crippen LogP contribution in [0.5, 0.6) is 5.75 Å². The number of rotatable bonds is 6. The molecule has 3 aromatic rings. The molecule has 1 saturated heterocycles. The Kier molecular flexibility index (Phi) is 6.50. The summed E-state index contributed by atoms with van der Waals surface area (Å²) in [7, 11) is 0. The molecule has 0 radical (unpaired) electrons. The van der Waals surface area contributed by atoms with Gasteiger partial charge in [0, 0.05) is 32.2 Å². The molecule has 2 aromatic carbocycles. The number of fused-ring (bicyclic) bond motifs is 1. The normalized spacial score (nSPS) is 16.8. The van der Waals surface area contributed by atoms with Crippen molar-refractivity contribution in [2.45, 2.75) is 32.9 Å². The van der Waals surface area contributed by atoms with Crippen LogP contribution in [0, 0.1) is 0 Å². The third-order valence-corrected chi connectivity index (χ3v) is 5.72. The Balaban J connectivity index is 1.48. The fourth-order valence-electron chi connectivity index (χ4n) is 4.15. The van der Waals surface area contributed by atoms with Gasteiger partial charge in [0.15, 0.2) is 0 Å². The first-order valence-electron chi connectivity index (χ1n) is 11.1. The molecule has 9 heteroatoms. The number of carbonyl (C=O) groups is 2. The number of hydrogen-bond donors (Lipinski definition) is 3. The van der Waals surface area contributed by atoms with E-state index in [0.717, 1.165) is 11.3 Å². The molecule has 3 N–H and O–H groups in total. The second-order valence-electron chi connectivity index (χ2n) is 8.57. The van der Waals surface area contributed by atoms with Crippen LogP contribution in [0.25, 0.3) is 11.0 Å². The lowest BCUT2D eigenvalue weighted by Crippen LogP contribution is -2.51. The number of anilines is 1. The van der Waals surface area contributed by atoms with E-state index in [2.05, 4.69) is 20.2 Å². The first-order valence-corrected chi connectivity index (χ1v) is 11.1. The third-order valence-electron chi connectivity index (χ3n) is 5.72. The highest BCUT2D eigenvalue weighted by Gasteiger charge is 2.30. The van der Waals surface area contributed by atoms with Gasteiger partial charge in [0.1, 0.15) is 5.75 Å². The number of aromatic nitrogens is 2. The van der Waals surface area contributed by atoms with Crippen LogP contribution >= 0.6 is 0 Å². The van der Waals surface area contributed by atoms with Crippen molar-refractivity contribution in [1.82, 2.24) is 19.8 Å². The number of nitrogens with one attached hydrogen (secondary N) is 3. The van der Waals surface area contributed by atoms with E-state index >= 15 is 0 Å². The Morgan fingerprint density at radius 3 is 2.52 bits per heavy atom. The van der Waals surface area contributed by atoms with Crippen LogP contribution in [0.2, 0.25) is 0 Å². The fraction of sp³-hybridized carbons (Fsp3) is 0.375. The number of aromatic amines is 2. The quantitative estimate of drug-likeness (QED) is 0.533. The minimum absolute atomic E-state index is 0.0256. The lowest BCUT2D eigenvalue weighted by molar-refractivity contribution is -0.132. The number of piperazine rings is 1. The van der Waals surface area contributed by atoms with Gasteiger partial charge >= 0.3 is 5.69 Å². The van der Waals surface area contributed by atoms with Crippen LogP contribution < -0.4 is 15.7 Å². The summed E-state index contributed by atoms with van der Waals surface area (Å²) in [4.78, 5) is 45.6. The number of benzene rings is 2. The number of ether oxygens (including phenoxy) is 1. The van der Waals surface area contributed by atoms with Gasteiger partial charge in [0.05, 0.1) is 29.7 Å². The standard InChI is InChI=1S/C24H29N5O4/c1-15(2)33-19-7-4-17(5-8-19)22-13-28(16(3)30)10-11-29(22)14-23(31)25-18-6-9-20-21(12-18)27-24(32)26-20/h4-9,12,15,22H,10-11,13-14H2,1-3H3,(H,25,31)(H2,26,27,32)/t22-/m1/s1. The third kappa shape index (κ3) is 5.43. The van der Waals surface area contributed by atoms with E-state index in [4.69, 9.17) is 4.74 Å². The van der Waals surface area contributed by atoms with Gasteiger partial charge in [-0.1, -0.05) is 12.1 Å². The molecule has 4 rings (SSSR count). The van der Waals surface area contributed by atoms with E-state index in [1.54, 1.807) is 25.1 Å². The van der Waals surface area contributed by atoms with Crippen molar-refractivity contribution in [3.63, 3.8) is 0 Å². The number of nitrogens with zero attached hydrogens (tertiary/aromatic N) is 2. The summed E-state index contributed by atoms with van der Waals surface area (Å²) in [6, 6.07) is 13.0. The van der Waals surface area contributed by atoms with E-state index in [1.165, 1.54) is 0 Å². The molecule has 1 atom stereocenters. The van der Waals surface area contributed by atoms with E-state index in [-0.39, 0.29) is 36.2 Å². The number of hydrogen-bond acceptors (Lipinski definition) is 5. The van der Waals surface area contributed by atoms with Gasteiger partial charge in [-0.05, 0) is 49.7 Å². The summed E-state index contributed by atoms with van der Waals surface area (Å²) in [5.74, 6) is 0.654. The van der Waals surface area contributed by atoms with Crippen molar-refractivity contribution in [2.24, 2.45) is 0 Å². The van der Waals surface area contributed by atoms with E-state index in [1.807, 2.05) is 43.0 Å². The molecule has 2 amide bonds. The Morgan fingerprint density at radius 1 is 1.09 bits per heavy atom. The van der Waals surface area contributed by atoms with Crippen LogP contribution in [0.4, 0.5) is 5.69 Å². The lowest BCUT2D eigenvalue weighted by atomic mass is 10.0. The summed E-state index contributed by atoms with van der Waals surface area (Å²) in [5, 5.41) is 2.91. The van der Waals surface area contributed by atoms with Crippen molar-refractivity contribution >= 4 is 28.5 Å². The molecule has 1 aliphatic rings. The zero-order chi connectivity index (χ0) is 23.5. The first kappa shape index (κ1) is 22.6. The Morgan fingerprint density at radius 2 is 1.82 bits per heavy atom. The molecule has 33 heavy (non-hydrogen) atoms. The minimum atomic E-state index is -0.288. The second-order valence-corrected chi connectivity index (χ2v) is 8.57. The summed E-state index contributed by atoms with van der Waals surface area (Å²) in [5.41, 5.74) is 2.66. The number of imidazole rings is 1. The maximum absolute atomic E-state index is 12.9. The van der Waals surface area contributed by atoms with Gasteiger partial charge in [-0.25, -0.2) is 4.79 Å². The van der Waals surface area contributed by atoms with Crippen molar-refractivity contribution < 1.29 is 14.3 Å². The van der Waals surface area contributed by atoms with E-state index in [0.29, 0.717) is 36.4 Å². The zero-order valence-electron chi connectivity index (χ0n) is 19.1. The van der Waals surface area contributed by atoms with Crippen LogP contribution in [-0.2, 0) is 9.59 Å². The summed E-state index contributed by atoms with van der Waals surface area (Å²) in [6.45, 7) is 7.39. The van der Waals surface area contributed by atoms with Gasteiger partial charge in [-0.15, -0.1) is 0 Å². The predicted molar refractivity (Wildman–Crippen MR) is 126 cm³/mol. The van der Waals surface area contributed by atoms with Crippen LogP contribution in [0.1, 0.15) is 32.4 Å². The first-order chi connectivity index (χ1) is 15.8. The Bertz CT molecular complexity index is 1200. The van der Waals surface area contributed by atoms with E-state index in [9.17, 15) is 14.4 Å². The fourth-order valence-corrected chi connectivity index (χ4v) is 4.15. The lowest BCUT2D eigenvalue weighted by Gasteiger charge is -2.41. The number of amides is 2. The van der Waals surface area contributed by atoms with Crippen molar-refractivity contribution in [1.29, 1.82) is 0 Å². The molecule has 1 aliphatic heterocycles. The maximum atomic E-state index is 12.9. The molecule has 0 bridgehead atoms. The van der Waals surface area contributed by atoms with Gasteiger partial charge in [0.25, 0.3) is 0 Å². The van der Waals surface area contributed by atoms with Crippen molar-refractivity contribution in [3.05, 3.63) is 58.5 Å². The molecule has 174 valence electrons. The van der Waals surface area contributed by atoms with Crippen LogP contribution in [-0.4, -0.2) is 63.9 Å². The Labute approximate surface area is 191 Å². The molecule has 9 nitrogen and oxygen atoms in total. The molecular formula is C24H29N5O4. The summed E-state index contributed by atoms with van der Waals surface area (Å²) in [6.07, 6.45) is 0.0854. The van der Waals surface area contributed by atoms with Gasteiger partial charge < -0.3 is 24.9 Å². The predicted octanol–water partition coefficient (Wildman–Crippen LogP) is 2.49. The average Bonchev–Trinajstić information content (AvgIpc) is 3.13. The SMILES string of the molecule is CC(=O)N1CCN(CC(=O)Nc2ccc3[nH]c(=O)[nH]c3c2)[C@@H](c2ccc(OC(C)C)cc2)C1. The van der Waals surface area contributed by atoms with Crippen molar-refractivity contribution in [2.75, 3.05) is 31.5 Å². The highest BCUT2D eigenvalue weighted by Crippen LogP contribution is 2.27. The second kappa shape index (κ2) is 9.50. The molecule has 0 unspecified atom stereocenters. The smallest absolute Gasteiger partial charge is 0.323 e. The molecule has 2 heterocycles. The average molecular weight is 452 g/mol. The Hall–Kier alpha value is -3.59. The molecule has 0 spiro atoms. The monoisotopic (exact) mass is 451 g/mol. The highest BCUT2D eigenvalue weighted by molar-refractivity contribution is 5.94. The molecule has 1 aromatic heterocycles.